The Hall–Kier alpha value is -3.69. The highest BCUT2D eigenvalue weighted by Crippen LogP contribution is 2.31. The normalized spacial score (nSPS) is 13.2. The van der Waals surface area contributed by atoms with Crippen LogP contribution in [0, 0.1) is 24.1 Å². The van der Waals surface area contributed by atoms with Crippen molar-refractivity contribution in [1.82, 2.24) is 4.57 Å². The SMILES string of the molecule is Cc1cc(NC(=O)[C@@](C)(O)Cn2c3ccccc3c3cc(F)ccc32)ccc1C#N. The van der Waals surface area contributed by atoms with Crippen LogP contribution in [-0.4, -0.2) is 21.2 Å². The smallest absolute Gasteiger partial charge is 0.257 e. The highest BCUT2D eigenvalue weighted by atomic mass is 19.1. The predicted octanol–water partition coefficient (Wildman–Crippen LogP) is 4.50. The number of nitrogens with zero attached hydrogens (tertiary/aromatic N) is 2. The van der Waals surface area contributed by atoms with Crippen molar-refractivity contribution in [1.29, 1.82) is 5.26 Å². The molecule has 4 rings (SSSR count). The van der Waals surface area contributed by atoms with E-state index in [1.165, 1.54) is 19.1 Å². The number of aryl methyl sites for hydroxylation is 1. The van der Waals surface area contributed by atoms with Crippen molar-refractivity contribution in [3.63, 3.8) is 0 Å². The molecular formula is C24H20FN3O2. The largest absolute Gasteiger partial charge is 0.378 e. The number of fused-ring (bicyclic) bond motifs is 3. The number of amides is 1. The van der Waals surface area contributed by atoms with Crippen molar-refractivity contribution in [2.75, 3.05) is 5.32 Å². The maximum Gasteiger partial charge on any atom is 0.257 e. The van der Waals surface area contributed by atoms with Gasteiger partial charge in [0.05, 0.1) is 18.2 Å². The van der Waals surface area contributed by atoms with E-state index in [2.05, 4.69) is 11.4 Å². The minimum atomic E-state index is -1.73. The van der Waals surface area contributed by atoms with Gasteiger partial charge in [0.2, 0.25) is 0 Å². The van der Waals surface area contributed by atoms with Crippen molar-refractivity contribution >= 4 is 33.4 Å². The van der Waals surface area contributed by atoms with Crippen molar-refractivity contribution in [2.24, 2.45) is 0 Å². The Kier molecular flexibility index (Phi) is 4.76. The molecule has 0 saturated carbocycles. The Bertz CT molecular complexity index is 1330. The lowest BCUT2D eigenvalue weighted by molar-refractivity contribution is -0.133. The lowest BCUT2D eigenvalue weighted by atomic mass is 10.0. The average Bonchev–Trinajstić information content (AvgIpc) is 3.01. The van der Waals surface area contributed by atoms with Crippen LogP contribution in [0.4, 0.5) is 10.1 Å². The Labute approximate surface area is 173 Å². The molecule has 30 heavy (non-hydrogen) atoms. The first-order chi connectivity index (χ1) is 14.3. The number of anilines is 1. The summed E-state index contributed by atoms with van der Waals surface area (Å²) in [5.41, 5.74) is 1.57. The quantitative estimate of drug-likeness (QED) is 0.528. The topological polar surface area (TPSA) is 78.0 Å². The summed E-state index contributed by atoms with van der Waals surface area (Å²) in [5.74, 6) is -0.911. The Morgan fingerprint density at radius 1 is 1.13 bits per heavy atom. The van der Waals surface area contributed by atoms with Crippen LogP contribution in [0.1, 0.15) is 18.1 Å². The first kappa shape index (κ1) is 19.6. The standard InChI is InChI=1S/C24H20FN3O2/c1-15-11-18(9-7-16(15)13-26)27-23(29)24(2,30)14-28-21-6-4-3-5-19(21)20-12-17(25)8-10-22(20)28/h3-12,30H,14H2,1-2H3,(H,27,29)/t24-/m0/s1. The number of para-hydroxylation sites is 1. The molecule has 3 aromatic carbocycles. The van der Waals surface area contributed by atoms with Gasteiger partial charge in [0.1, 0.15) is 5.82 Å². The van der Waals surface area contributed by atoms with Crippen LogP contribution >= 0.6 is 0 Å². The van der Waals surface area contributed by atoms with Crippen LogP contribution in [0.2, 0.25) is 0 Å². The maximum atomic E-state index is 13.8. The molecular weight excluding hydrogens is 381 g/mol. The number of carbonyl (C=O) groups excluding carboxylic acids is 1. The zero-order valence-electron chi connectivity index (χ0n) is 16.6. The van der Waals surface area contributed by atoms with E-state index in [0.29, 0.717) is 11.3 Å². The van der Waals surface area contributed by atoms with E-state index < -0.39 is 11.5 Å². The van der Waals surface area contributed by atoms with Gasteiger partial charge < -0.3 is 15.0 Å². The third-order valence-electron chi connectivity index (χ3n) is 5.29. The summed E-state index contributed by atoms with van der Waals surface area (Å²) >= 11 is 0. The first-order valence-electron chi connectivity index (χ1n) is 9.51. The fourth-order valence-corrected chi connectivity index (χ4v) is 3.71. The zero-order valence-corrected chi connectivity index (χ0v) is 16.6. The van der Waals surface area contributed by atoms with E-state index in [1.54, 1.807) is 31.2 Å². The third-order valence-corrected chi connectivity index (χ3v) is 5.29. The van der Waals surface area contributed by atoms with Gasteiger partial charge in [-0.05, 0) is 61.9 Å². The van der Waals surface area contributed by atoms with E-state index in [9.17, 15) is 14.3 Å². The van der Waals surface area contributed by atoms with Gasteiger partial charge in [0.15, 0.2) is 5.60 Å². The van der Waals surface area contributed by atoms with Crippen LogP contribution in [-0.2, 0) is 11.3 Å². The second kappa shape index (κ2) is 7.29. The molecule has 0 saturated heterocycles. The number of carbonyl (C=O) groups is 1. The van der Waals surface area contributed by atoms with Gasteiger partial charge in [-0.15, -0.1) is 0 Å². The molecule has 0 bridgehead atoms. The van der Waals surface area contributed by atoms with E-state index in [4.69, 9.17) is 5.26 Å². The summed E-state index contributed by atoms with van der Waals surface area (Å²) < 4.78 is 15.7. The molecule has 0 aliphatic heterocycles. The summed E-state index contributed by atoms with van der Waals surface area (Å²) in [6.45, 7) is 3.22. The Balaban J connectivity index is 1.69. The zero-order chi connectivity index (χ0) is 21.5. The Morgan fingerprint density at radius 3 is 2.60 bits per heavy atom. The molecule has 6 heteroatoms. The lowest BCUT2D eigenvalue weighted by Crippen LogP contribution is -2.43. The number of aromatic nitrogens is 1. The molecule has 0 aliphatic carbocycles. The van der Waals surface area contributed by atoms with Gasteiger partial charge in [-0.25, -0.2) is 4.39 Å². The molecule has 1 heterocycles. The molecule has 0 spiro atoms. The van der Waals surface area contributed by atoms with Crippen LogP contribution in [0.5, 0.6) is 0 Å². The number of hydrogen-bond acceptors (Lipinski definition) is 3. The first-order valence-corrected chi connectivity index (χ1v) is 9.51. The van der Waals surface area contributed by atoms with Crippen molar-refractivity contribution in [3.05, 3.63) is 77.6 Å². The second-order valence-electron chi connectivity index (χ2n) is 7.63. The number of hydrogen-bond donors (Lipinski definition) is 2. The molecule has 150 valence electrons. The number of rotatable bonds is 4. The predicted molar refractivity (Wildman–Crippen MR) is 115 cm³/mol. The molecule has 1 amide bonds. The number of halogens is 1. The number of aliphatic hydroxyl groups is 1. The van der Waals surface area contributed by atoms with Crippen LogP contribution < -0.4 is 5.32 Å². The molecule has 4 aromatic rings. The minimum absolute atomic E-state index is 0.0102. The van der Waals surface area contributed by atoms with Gasteiger partial charge >= 0.3 is 0 Å². The van der Waals surface area contributed by atoms with E-state index in [0.717, 1.165) is 27.4 Å². The monoisotopic (exact) mass is 401 g/mol. The molecule has 1 aromatic heterocycles. The average molecular weight is 401 g/mol. The number of benzene rings is 3. The van der Waals surface area contributed by atoms with Crippen molar-refractivity contribution in [3.8, 4) is 6.07 Å². The summed E-state index contributed by atoms with van der Waals surface area (Å²) in [6, 6.07) is 19.0. The molecule has 0 radical (unpaired) electrons. The van der Waals surface area contributed by atoms with Gasteiger partial charge in [-0.2, -0.15) is 5.26 Å². The van der Waals surface area contributed by atoms with Gasteiger partial charge in [0.25, 0.3) is 5.91 Å². The molecule has 0 aliphatic rings. The highest BCUT2D eigenvalue weighted by molar-refractivity contribution is 6.08. The fraction of sp³-hybridized carbons (Fsp3) is 0.167. The van der Waals surface area contributed by atoms with Crippen molar-refractivity contribution < 1.29 is 14.3 Å². The van der Waals surface area contributed by atoms with E-state index in [-0.39, 0.29) is 12.4 Å². The summed E-state index contributed by atoms with van der Waals surface area (Å²) in [7, 11) is 0. The van der Waals surface area contributed by atoms with Crippen LogP contribution in [0.15, 0.2) is 60.7 Å². The molecule has 2 N–H and O–H groups in total. The summed E-state index contributed by atoms with van der Waals surface area (Å²) in [6.07, 6.45) is 0. The van der Waals surface area contributed by atoms with Gasteiger partial charge in [-0.1, -0.05) is 18.2 Å². The van der Waals surface area contributed by atoms with Gasteiger partial charge in [0, 0.05) is 27.5 Å². The second-order valence-corrected chi connectivity index (χ2v) is 7.63. The summed E-state index contributed by atoms with van der Waals surface area (Å²) in [5, 5.41) is 24.4. The highest BCUT2D eigenvalue weighted by Gasteiger charge is 2.32. The van der Waals surface area contributed by atoms with Crippen LogP contribution in [0.3, 0.4) is 0 Å². The lowest BCUT2D eigenvalue weighted by Gasteiger charge is -2.24. The number of nitriles is 1. The van der Waals surface area contributed by atoms with Crippen molar-refractivity contribution in [2.45, 2.75) is 26.0 Å². The summed E-state index contributed by atoms with van der Waals surface area (Å²) in [4.78, 5) is 12.9. The molecule has 5 nitrogen and oxygen atoms in total. The van der Waals surface area contributed by atoms with Gasteiger partial charge in [-0.3, -0.25) is 4.79 Å². The number of nitrogens with one attached hydrogen (secondary N) is 1. The maximum absolute atomic E-state index is 13.8. The molecule has 0 fully saturated rings. The molecule has 0 unspecified atom stereocenters. The molecule has 1 atom stereocenters. The fourth-order valence-electron chi connectivity index (χ4n) is 3.71. The van der Waals surface area contributed by atoms with E-state index in [1.807, 2.05) is 28.8 Å². The van der Waals surface area contributed by atoms with Crippen LogP contribution in [0.25, 0.3) is 21.8 Å². The third kappa shape index (κ3) is 3.40. The minimum Gasteiger partial charge on any atom is -0.378 e. The Morgan fingerprint density at radius 2 is 1.87 bits per heavy atom. The van der Waals surface area contributed by atoms with E-state index >= 15 is 0 Å².